The van der Waals surface area contributed by atoms with Gasteiger partial charge in [-0.1, -0.05) is 6.07 Å². The number of benzene rings is 1. The number of amides is 1. The Bertz CT molecular complexity index is 866. The van der Waals surface area contributed by atoms with E-state index in [1.165, 1.54) is 6.20 Å². The smallest absolute Gasteiger partial charge is 0.288 e. The third-order valence-corrected chi connectivity index (χ3v) is 3.29. The zero-order chi connectivity index (χ0) is 16.2. The maximum Gasteiger partial charge on any atom is 0.288 e. The number of H-pyrrole nitrogens is 2. The van der Waals surface area contributed by atoms with Crippen molar-refractivity contribution in [3.05, 3.63) is 64.7 Å². The lowest BCUT2D eigenvalue weighted by molar-refractivity contribution is 0.102. The van der Waals surface area contributed by atoms with Crippen molar-refractivity contribution in [1.29, 1.82) is 0 Å². The number of hydrogen-bond acceptors (Lipinski definition) is 4. The van der Waals surface area contributed by atoms with Crippen LogP contribution in [-0.2, 0) is 0 Å². The van der Waals surface area contributed by atoms with Gasteiger partial charge in [0.25, 0.3) is 11.5 Å². The van der Waals surface area contributed by atoms with Crippen LogP contribution in [0.1, 0.15) is 10.5 Å². The first kappa shape index (κ1) is 14.6. The first-order chi connectivity index (χ1) is 11.2. The van der Waals surface area contributed by atoms with Crippen molar-refractivity contribution in [3.63, 3.8) is 0 Å². The number of ether oxygens (including phenoxy) is 1. The summed E-state index contributed by atoms with van der Waals surface area (Å²) in [6.07, 6.45) is 1.51. The number of pyridine rings is 1. The Morgan fingerprint density at radius 2 is 1.91 bits per heavy atom. The Hall–Kier alpha value is -3.35. The van der Waals surface area contributed by atoms with Crippen molar-refractivity contribution < 1.29 is 9.53 Å². The first-order valence-corrected chi connectivity index (χ1v) is 6.86. The average Bonchev–Trinajstić information content (AvgIpc) is 2.96. The van der Waals surface area contributed by atoms with Gasteiger partial charge in [0.15, 0.2) is 0 Å². The number of methoxy groups -OCH3 is 1. The van der Waals surface area contributed by atoms with Crippen LogP contribution in [0.2, 0.25) is 0 Å². The van der Waals surface area contributed by atoms with Gasteiger partial charge in [-0.15, -0.1) is 0 Å². The Balaban J connectivity index is 1.92. The van der Waals surface area contributed by atoms with Gasteiger partial charge in [-0.25, -0.2) is 0 Å². The molecule has 0 aliphatic carbocycles. The van der Waals surface area contributed by atoms with Crippen LogP contribution in [0.4, 0.5) is 5.69 Å². The normalized spacial score (nSPS) is 10.3. The van der Waals surface area contributed by atoms with Gasteiger partial charge < -0.3 is 10.1 Å². The number of aromatic nitrogens is 3. The lowest BCUT2D eigenvalue weighted by Gasteiger charge is -2.06. The van der Waals surface area contributed by atoms with Gasteiger partial charge in [0.05, 0.1) is 12.8 Å². The molecule has 7 heteroatoms. The Morgan fingerprint density at radius 1 is 1.13 bits per heavy atom. The molecule has 7 nitrogen and oxygen atoms in total. The van der Waals surface area contributed by atoms with Gasteiger partial charge in [-0.3, -0.25) is 24.8 Å². The van der Waals surface area contributed by atoms with Gasteiger partial charge in [0, 0.05) is 11.8 Å². The number of hydrogen-bond donors (Lipinski definition) is 3. The highest BCUT2D eigenvalue weighted by atomic mass is 16.5. The molecule has 0 aliphatic rings. The zero-order valence-electron chi connectivity index (χ0n) is 12.3. The molecular formula is C16H14N4O3. The summed E-state index contributed by atoms with van der Waals surface area (Å²) in [5.74, 6) is 0.246. The van der Waals surface area contributed by atoms with Crippen molar-refractivity contribution in [2.45, 2.75) is 0 Å². The third kappa shape index (κ3) is 2.98. The van der Waals surface area contributed by atoms with E-state index in [2.05, 4.69) is 20.5 Å². The molecule has 0 radical (unpaired) electrons. The van der Waals surface area contributed by atoms with E-state index < -0.39 is 11.5 Å². The molecule has 0 saturated carbocycles. The fourth-order valence-corrected chi connectivity index (χ4v) is 2.13. The highest BCUT2D eigenvalue weighted by molar-refractivity contribution is 6.04. The number of nitrogens with zero attached hydrogens (tertiary/aromatic N) is 1. The molecule has 0 aliphatic heterocycles. The minimum absolute atomic E-state index is 0.144. The average molecular weight is 310 g/mol. The summed E-state index contributed by atoms with van der Waals surface area (Å²) in [7, 11) is 1.58. The number of nitrogens with one attached hydrogen (secondary N) is 3. The van der Waals surface area contributed by atoms with E-state index >= 15 is 0 Å². The van der Waals surface area contributed by atoms with Crippen LogP contribution in [-0.4, -0.2) is 28.2 Å². The summed E-state index contributed by atoms with van der Waals surface area (Å²) in [5, 5.41) is 7.84. The molecule has 2 aromatic heterocycles. The van der Waals surface area contributed by atoms with Crippen LogP contribution in [0, 0.1) is 0 Å². The number of carbonyl (C=O) groups is 1. The van der Waals surface area contributed by atoms with Crippen LogP contribution in [0.15, 0.2) is 53.5 Å². The molecule has 3 N–H and O–H groups in total. The molecule has 0 unspecified atom stereocenters. The fourth-order valence-electron chi connectivity index (χ4n) is 2.13. The molecule has 3 aromatic rings. The van der Waals surface area contributed by atoms with Gasteiger partial charge in [0.1, 0.15) is 17.1 Å². The standard InChI is InChI=1S/C16H14N4O3/c1-23-11-7-5-10(6-8-11)13-14(16(22)20-19-13)18-15(21)12-4-2-3-9-17-12/h2-9H,1H3,(H,18,21)(H2,19,20,22). The molecule has 0 spiro atoms. The van der Waals surface area contributed by atoms with Gasteiger partial charge in [-0.05, 0) is 36.4 Å². The van der Waals surface area contributed by atoms with Gasteiger partial charge >= 0.3 is 0 Å². The lowest BCUT2D eigenvalue weighted by Crippen LogP contribution is -2.18. The summed E-state index contributed by atoms with van der Waals surface area (Å²) in [5.41, 5.74) is 1.18. The quantitative estimate of drug-likeness (QED) is 0.686. The molecule has 2 heterocycles. The van der Waals surface area contributed by atoms with E-state index in [1.807, 2.05) is 0 Å². The van der Waals surface area contributed by atoms with E-state index in [9.17, 15) is 9.59 Å². The van der Waals surface area contributed by atoms with E-state index in [4.69, 9.17) is 4.74 Å². The van der Waals surface area contributed by atoms with Crippen molar-refractivity contribution >= 4 is 11.6 Å². The molecular weight excluding hydrogens is 296 g/mol. The van der Waals surface area contributed by atoms with Gasteiger partial charge in [0.2, 0.25) is 0 Å². The third-order valence-electron chi connectivity index (χ3n) is 3.29. The van der Waals surface area contributed by atoms with E-state index in [-0.39, 0.29) is 11.4 Å². The summed E-state index contributed by atoms with van der Waals surface area (Å²) in [6.45, 7) is 0. The number of rotatable bonds is 4. The molecule has 23 heavy (non-hydrogen) atoms. The second kappa shape index (κ2) is 6.18. The van der Waals surface area contributed by atoms with Crippen molar-refractivity contribution in [2.24, 2.45) is 0 Å². The molecule has 0 bridgehead atoms. The van der Waals surface area contributed by atoms with Crippen LogP contribution in [0.5, 0.6) is 5.75 Å². The summed E-state index contributed by atoms with van der Waals surface area (Å²) < 4.78 is 5.11. The van der Waals surface area contributed by atoms with Gasteiger partial charge in [-0.2, -0.15) is 0 Å². The molecule has 1 amide bonds. The van der Waals surface area contributed by atoms with Crippen LogP contribution in [0.25, 0.3) is 11.3 Å². The topological polar surface area (TPSA) is 99.9 Å². The first-order valence-electron chi connectivity index (χ1n) is 6.86. The lowest BCUT2D eigenvalue weighted by atomic mass is 10.1. The maximum absolute atomic E-state index is 12.2. The van der Waals surface area contributed by atoms with Crippen molar-refractivity contribution in [1.82, 2.24) is 15.2 Å². The van der Waals surface area contributed by atoms with E-state index in [0.29, 0.717) is 11.4 Å². The summed E-state index contributed by atoms with van der Waals surface area (Å²) >= 11 is 0. The molecule has 0 saturated heterocycles. The maximum atomic E-state index is 12.2. The highest BCUT2D eigenvalue weighted by Crippen LogP contribution is 2.25. The molecule has 0 atom stereocenters. The largest absolute Gasteiger partial charge is 0.497 e. The van der Waals surface area contributed by atoms with Crippen LogP contribution >= 0.6 is 0 Å². The Labute approximate surface area is 131 Å². The number of anilines is 1. The van der Waals surface area contributed by atoms with Crippen LogP contribution in [0.3, 0.4) is 0 Å². The second-order valence-electron chi connectivity index (χ2n) is 4.73. The molecule has 116 valence electrons. The minimum Gasteiger partial charge on any atom is -0.497 e. The number of aromatic amines is 2. The molecule has 3 rings (SSSR count). The monoisotopic (exact) mass is 310 g/mol. The fraction of sp³-hybridized carbons (Fsp3) is 0.0625. The van der Waals surface area contributed by atoms with E-state index in [1.54, 1.807) is 49.6 Å². The second-order valence-corrected chi connectivity index (χ2v) is 4.73. The van der Waals surface area contributed by atoms with Crippen molar-refractivity contribution in [2.75, 3.05) is 12.4 Å². The van der Waals surface area contributed by atoms with Crippen molar-refractivity contribution in [3.8, 4) is 17.0 Å². The molecule has 1 aromatic carbocycles. The highest BCUT2D eigenvalue weighted by Gasteiger charge is 2.16. The zero-order valence-corrected chi connectivity index (χ0v) is 12.3. The predicted octanol–water partition coefficient (Wildman–Crippen LogP) is 2.03. The Morgan fingerprint density at radius 3 is 2.57 bits per heavy atom. The number of carbonyl (C=O) groups excluding carboxylic acids is 1. The Kier molecular flexibility index (Phi) is 3.92. The predicted molar refractivity (Wildman–Crippen MR) is 85.6 cm³/mol. The SMILES string of the molecule is COc1ccc(-c2[nH][nH]c(=O)c2NC(=O)c2ccccn2)cc1. The van der Waals surface area contributed by atoms with E-state index in [0.717, 1.165) is 5.56 Å². The molecule has 0 fully saturated rings. The van der Waals surface area contributed by atoms with Crippen LogP contribution < -0.4 is 15.6 Å². The minimum atomic E-state index is -0.453. The summed E-state index contributed by atoms with van der Waals surface area (Å²) in [6, 6.07) is 12.1. The summed E-state index contributed by atoms with van der Waals surface area (Å²) in [4.78, 5) is 28.1.